The monoisotopic (exact) mass is 322 g/mol. The van der Waals surface area contributed by atoms with Crippen molar-refractivity contribution in [2.45, 2.75) is 11.5 Å². The average Bonchev–Trinajstić information content (AvgIpc) is 3.12. The summed E-state index contributed by atoms with van der Waals surface area (Å²) in [6.07, 6.45) is 0. The lowest BCUT2D eigenvalue weighted by molar-refractivity contribution is 0.0984. The number of para-hydroxylation sites is 1. The van der Waals surface area contributed by atoms with Gasteiger partial charge in [0, 0.05) is 5.56 Å². The number of nitriles is 1. The van der Waals surface area contributed by atoms with Crippen molar-refractivity contribution < 1.29 is 4.79 Å². The second kappa shape index (κ2) is 4.81. The number of carbonyl (C=O) groups excluding carboxylic acids is 1. The molecule has 0 N–H and O–H groups in total. The first kappa shape index (κ1) is 14.0. The van der Waals surface area contributed by atoms with Crippen LogP contribution in [0.1, 0.15) is 33.0 Å². The van der Waals surface area contributed by atoms with Crippen LogP contribution in [0.15, 0.2) is 78.9 Å². The summed E-state index contributed by atoms with van der Waals surface area (Å²) in [6, 6.07) is 27.8. The van der Waals surface area contributed by atoms with Crippen molar-refractivity contribution in [2.24, 2.45) is 0 Å². The Kier molecular flexibility index (Phi) is 2.69. The fourth-order valence-electron chi connectivity index (χ4n) is 4.45. The molecule has 0 saturated heterocycles. The van der Waals surface area contributed by atoms with Gasteiger partial charge in [-0.25, -0.2) is 0 Å². The van der Waals surface area contributed by atoms with E-state index in [-0.39, 0.29) is 5.91 Å². The Morgan fingerprint density at radius 1 is 0.880 bits per heavy atom. The molecular weight excluding hydrogens is 308 g/mol. The van der Waals surface area contributed by atoms with Crippen LogP contribution in [-0.2, 0) is 5.54 Å². The minimum Gasteiger partial charge on any atom is -0.292 e. The standard InChI is InChI=1S/C22H14N2O/c23-14-19-16-10-5-7-13-20(16)24-21(25)17-11-4-6-12-18(17)22(19,24)15-8-2-1-3-9-15/h1-13,19H/t19-,22-/m1/s1. The molecule has 3 aromatic rings. The molecule has 5 rings (SSSR count). The van der Waals surface area contributed by atoms with Crippen molar-refractivity contribution in [3.63, 3.8) is 0 Å². The number of rotatable bonds is 1. The van der Waals surface area contributed by atoms with Crippen LogP contribution in [0.3, 0.4) is 0 Å². The summed E-state index contributed by atoms with van der Waals surface area (Å²) in [6.45, 7) is 0. The quantitative estimate of drug-likeness (QED) is 0.673. The van der Waals surface area contributed by atoms with Gasteiger partial charge in [0.25, 0.3) is 5.91 Å². The minimum atomic E-state index is -0.798. The van der Waals surface area contributed by atoms with Gasteiger partial charge >= 0.3 is 0 Å². The van der Waals surface area contributed by atoms with Crippen molar-refractivity contribution in [3.8, 4) is 6.07 Å². The lowest BCUT2D eigenvalue weighted by Gasteiger charge is -2.36. The number of hydrogen-bond donors (Lipinski definition) is 0. The smallest absolute Gasteiger partial charge is 0.259 e. The minimum absolute atomic E-state index is 0.0374. The van der Waals surface area contributed by atoms with Crippen LogP contribution in [0.5, 0.6) is 0 Å². The molecule has 118 valence electrons. The highest BCUT2D eigenvalue weighted by atomic mass is 16.2. The SMILES string of the molecule is N#C[C@@H]1c2ccccc2N2C(=O)c3ccccc3[C@]12c1ccccc1. The molecule has 3 heteroatoms. The van der Waals surface area contributed by atoms with Crippen LogP contribution in [0, 0.1) is 11.3 Å². The van der Waals surface area contributed by atoms with Crippen LogP contribution < -0.4 is 4.90 Å². The van der Waals surface area contributed by atoms with Crippen LogP contribution >= 0.6 is 0 Å². The number of amides is 1. The van der Waals surface area contributed by atoms with E-state index < -0.39 is 11.5 Å². The van der Waals surface area contributed by atoms with Gasteiger partial charge in [0.15, 0.2) is 0 Å². The molecule has 25 heavy (non-hydrogen) atoms. The highest BCUT2D eigenvalue weighted by molar-refractivity contribution is 6.15. The zero-order valence-electron chi connectivity index (χ0n) is 13.4. The Labute approximate surface area is 145 Å². The molecule has 2 atom stereocenters. The van der Waals surface area contributed by atoms with Gasteiger partial charge in [-0.3, -0.25) is 9.69 Å². The highest BCUT2D eigenvalue weighted by Crippen LogP contribution is 2.60. The molecule has 0 saturated carbocycles. The van der Waals surface area contributed by atoms with Gasteiger partial charge in [0.2, 0.25) is 0 Å². The topological polar surface area (TPSA) is 44.1 Å². The molecule has 0 radical (unpaired) electrons. The number of carbonyl (C=O) groups is 1. The van der Waals surface area contributed by atoms with Crippen molar-refractivity contribution in [2.75, 3.05) is 4.90 Å². The fourth-order valence-corrected chi connectivity index (χ4v) is 4.45. The predicted molar refractivity (Wildman–Crippen MR) is 95.3 cm³/mol. The lowest BCUT2D eigenvalue weighted by atomic mass is 9.73. The van der Waals surface area contributed by atoms with Gasteiger partial charge in [0.1, 0.15) is 11.5 Å². The zero-order valence-corrected chi connectivity index (χ0v) is 13.4. The van der Waals surface area contributed by atoms with Crippen LogP contribution in [-0.4, -0.2) is 5.91 Å². The number of anilines is 1. The molecule has 0 aliphatic carbocycles. The Morgan fingerprint density at radius 2 is 1.56 bits per heavy atom. The Bertz CT molecular complexity index is 1050. The Balaban J connectivity index is 1.94. The predicted octanol–water partition coefficient (Wildman–Crippen LogP) is 4.21. The Hall–Kier alpha value is -3.38. The van der Waals surface area contributed by atoms with Crippen molar-refractivity contribution in [3.05, 3.63) is 101 Å². The molecule has 2 aliphatic heterocycles. The molecule has 0 spiro atoms. The van der Waals surface area contributed by atoms with Gasteiger partial charge in [0.05, 0.1) is 11.8 Å². The summed E-state index contributed by atoms with van der Waals surface area (Å²) < 4.78 is 0. The van der Waals surface area contributed by atoms with Crippen molar-refractivity contribution in [1.29, 1.82) is 5.26 Å². The number of nitrogens with zero attached hydrogens (tertiary/aromatic N) is 2. The number of fused-ring (bicyclic) bond motifs is 5. The van der Waals surface area contributed by atoms with E-state index in [0.29, 0.717) is 5.56 Å². The number of benzene rings is 3. The molecule has 3 nitrogen and oxygen atoms in total. The van der Waals surface area contributed by atoms with Gasteiger partial charge in [-0.1, -0.05) is 66.7 Å². The van der Waals surface area contributed by atoms with Crippen LogP contribution in [0.25, 0.3) is 0 Å². The summed E-state index contributed by atoms with van der Waals surface area (Å²) in [5, 5.41) is 10.1. The van der Waals surface area contributed by atoms with E-state index in [1.807, 2.05) is 83.8 Å². The maximum absolute atomic E-state index is 13.3. The molecule has 0 fully saturated rings. The average molecular weight is 322 g/mol. The normalized spacial score (nSPS) is 22.9. The Morgan fingerprint density at radius 3 is 2.36 bits per heavy atom. The largest absolute Gasteiger partial charge is 0.292 e. The third-order valence-corrected chi connectivity index (χ3v) is 5.37. The van der Waals surface area contributed by atoms with Crippen molar-refractivity contribution >= 4 is 11.6 Å². The third-order valence-electron chi connectivity index (χ3n) is 5.37. The maximum Gasteiger partial charge on any atom is 0.259 e. The van der Waals surface area contributed by atoms with E-state index >= 15 is 0 Å². The molecule has 1 amide bonds. The molecule has 0 bridgehead atoms. The first-order valence-electron chi connectivity index (χ1n) is 8.28. The first-order valence-corrected chi connectivity index (χ1v) is 8.28. The summed E-state index contributed by atoms with van der Waals surface area (Å²) in [5.74, 6) is -0.483. The lowest BCUT2D eigenvalue weighted by Crippen LogP contribution is -2.44. The molecular formula is C22H14N2O. The van der Waals surface area contributed by atoms with Gasteiger partial charge in [-0.2, -0.15) is 5.26 Å². The fraction of sp³-hybridized carbons (Fsp3) is 0.0909. The zero-order chi connectivity index (χ0) is 17.0. The summed E-state index contributed by atoms with van der Waals surface area (Å²) >= 11 is 0. The highest BCUT2D eigenvalue weighted by Gasteiger charge is 2.61. The van der Waals surface area contributed by atoms with Gasteiger partial charge in [-0.05, 0) is 28.8 Å². The maximum atomic E-state index is 13.3. The van der Waals surface area contributed by atoms with E-state index in [2.05, 4.69) is 6.07 Å². The van der Waals surface area contributed by atoms with Crippen LogP contribution in [0.2, 0.25) is 0 Å². The molecule has 2 heterocycles. The van der Waals surface area contributed by atoms with Gasteiger partial charge in [-0.15, -0.1) is 0 Å². The van der Waals surface area contributed by atoms with Gasteiger partial charge < -0.3 is 0 Å². The summed E-state index contributed by atoms with van der Waals surface area (Å²) in [5.41, 5.74) is 3.51. The van der Waals surface area contributed by atoms with E-state index in [4.69, 9.17) is 0 Å². The summed E-state index contributed by atoms with van der Waals surface area (Å²) in [4.78, 5) is 15.1. The van der Waals surface area contributed by atoms with Crippen molar-refractivity contribution in [1.82, 2.24) is 0 Å². The molecule has 2 aliphatic rings. The second-order valence-corrected chi connectivity index (χ2v) is 6.44. The third kappa shape index (κ3) is 1.52. The number of hydrogen-bond acceptors (Lipinski definition) is 2. The van der Waals surface area contributed by atoms with E-state index in [1.54, 1.807) is 0 Å². The molecule has 0 unspecified atom stereocenters. The van der Waals surface area contributed by atoms with E-state index in [0.717, 1.165) is 22.4 Å². The van der Waals surface area contributed by atoms with E-state index in [1.165, 1.54) is 0 Å². The van der Waals surface area contributed by atoms with Crippen LogP contribution in [0.4, 0.5) is 5.69 Å². The second-order valence-electron chi connectivity index (χ2n) is 6.44. The van der Waals surface area contributed by atoms with E-state index in [9.17, 15) is 10.1 Å². The molecule has 0 aromatic heterocycles. The molecule has 3 aromatic carbocycles. The summed E-state index contributed by atoms with van der Waals surface area (Å²) in [7, 11) is 0. The first-order chi connectivity index (χ1) is 12.3.